The third-order valence-electron chi connectivity index (χ3n) is 10.5. The van der Waals surface area contributed by atoms with E-state index >= 15 is 0 Å². The number of nitrogens with one attached hydrogen (secondary N) is 2. The van der Waals surface area contributed by atoms with Crippen molar-refractivity contribution in [1.29, 1.82) is 5.26 Å². The second-order valence-electron chi connectivity index (χ2n) is 12.9. The number of carbonyl (C=O) groups excluding carboxylic acids is 2. The Labute approximate surface area is 200 Å². The summed E-state index contributed by atoms with van der Waals surface area (Å²) >= 11 is 0. The van der Waals surface area contributed by atoms with Crippen LogP contribution in [-0.2, 0) is 9.59 Å². The lowest BCUT2D eigenvalue weighted by Crippen LogP contribution is -2.68. The van der Waals surface area contributed by atoms with E-state index in [0.717, 1.165) is 64.2 Å². The molecule has 1 aliphatic heterocycles. The lowest BCUT2D eigenvalue weighted by Gasteiger charge is -2.61. The van der Waals surface area contributed by atoms with Crippen molar-refractivity contribution in [3.05, 3.63) is 0 Å². The van der Waals surface area contributed by atoms with Crippen LogP contribution >= 0.6 is 0 Å². The summed E-state index contributed by atoms with van der Waals surface area (Å²) in [5, 5.41) is 27.2. The summed E-state index contributed by atoms with van der Waals surface area (Å²) in [6.45, 7) is 0.127. The monoisotopic (exact) mass is 472 g/mol. The Morgan fingerprint density at radius 2 is 1.65 bits per heavy atom. The maximum atomic E-state index is 13.7. The number of alkyl halides is 1. The van der Waals surface area contributed by atoms with Gasteiger partial charge in [-0.3, -0.25) is 9.59 Å². The van der Waals surface area contributed by atoms with Gasteiger partial charge in [0, 0.05) is 22.9 Å². The lowest BCUT2D eigenvalue weighted by molar-refractivity contribution is -0.160. The van der Waals surface area contributed by atoms with E-state index in [-0.39, 0.29) is 47.8 Å². The summed E-state index contributed by atoms with van der Waals surface area (Å²) in [5.41, 5.74) is -1.28. The fraction of sp³-hybridized carbons (Fsp3) is 0.885. The van der Waals surface area contributed by atoms with Crippen LogP contribution < -0.4 is 10.6 Å². The number of rotatable bonds is 5. The van der Waals surface area contributed by atoms with Crippen LogP contribution in [0.4, 0.5) is 4.39 Å². The van der Waals surface area contributed by atoms with Gasteiger partial charge in [-0.25, -0.2) is 4.39 Å². The molecule has 2 unspecified atom stereocenters. The first-order chi connectivity index (χ1) is 16.2. The van der Waals surface area contributed by atoms with Gasteiger partial charge in [0.25, 0.3) is 0 Å². The molecule has 7 nitrogen and oxygen atoms in total. The highest BCUT2D eigenvalue weighted by Gasteiger charge is 2.60. The Hall–Kier alpha value is -1.72. The maximum Gasteiger partial charge on any atom is 0.237 e. The summed E-state index contributed by atoms with van der Waals surface area (Å²) in [7, 11) is 0. The number of hydrogen-bond donors (Lipinski definition) is 3. The Bertz CT molecular complexity index is 893. The second kappa shape index (κ2) is 7.64. The number of nitriles is 1. The smallest absolute Gasteiger partial charge is 0.237 e. The molecule has 6 bridgehead atoms. The van der Waals surface area contributed by atoms with E-state index in [1.54, 1.807) is 0 Å². The minimum Gasteiger partial charge on any atom is -0.390 e. The van der Waals surface area contributed by atoms with Gasteiger partial charge in [0.1, 0.15) is 12.2 Å². The number of fused-ring (bicyclic) bond motifs is 3. The largest absolute Gasteiger partial charge is 0.390 e. The third kappa shape index (κ3) is 3.65. The minimum absolute atomic E-state index is 0.00755. The van der Waals surface area contributed by atoms with Crippen LogP contribution in [0.15, 0.2) is 0 Å². The van der Waals surface area contributed by atoms with E-state index in [1.165, 1.54) is 11.3 Å². The molecule has 3 N–H and O–H groups in total. The van der Waals surface area contributed by atoms with Gasteiger partial charge in [-0.2, -0.15) is 5.26 Å². The molecule has 8 aliphatic rings. The highest BCUT2D eigenvalue weighted by atomic mass is 19.1. The molecule has 1 heterocycles. The van der Waals surface area contributed by atoms with Gasteiger partial charge in [0.15, 0.2) is 0 Å². The van der Waals surface area contributed by atoms with E-state index in [4.69, 9.17) is 0 Å². The zero-order valence-corrected chi connectivity index (χ0v) is 20.0. The molecule has 4 atom stereocenters. The predicted octanol–water partition coefficient (Wildman–Crippen LogP) is 2.33. The van der Waals surface area contributed by atoms with Crippen molar-refractivity contribution in [2.45, 2.75) is 112 Å². The molecule has 0 spiro atoms. The van der Waals surface area contributed by atoms with Crippen LogP contribution in [0.3, 0.4) is 0 Å². The summed E-state index contributed by atoms with van der Waals surface area (Å²) in [5.74, 6) is 1.06. The number of likely N-dealkylation sites (tertiary alicyclic amines) is 1. The molecule has 7 saturated carbocycles. The molecule has 0 radical (unpaired) electrons. The standard InChI is InChI=1S/C26H37FN4O3/c27-19-8-20(13-28)31(15-19)21(32)14-29-24-4-1-23(2-5-24,3-6-24)22(33)30-25-9-17-7-18(10-25)12-26(34,11-17)16-25/h17-20,29,34H,1-12,14-16H2,(H,30,33)/t17?,18?,19-,20-,23?,24?,25?,26?/m0/s1. The number of carbonyl (C=O) groups is 2. The van der Waals surface area contributed by atoms with Crippen molar-refractivity contribution in [2.24, 2.45) is 17.3 Å². The summed E-state index contributed by atoms with van der Waals surface area (Å²) in [4.78, 5) is 27.7. The highest BCUT2D eigenvalue weighted by molar-refractivity contribution is 5.84. The first-order valence-corrected chi connectivity index (χ1v) is 13.3. The summed E-state index contributed by atoms with van der Waals surface area (Å²) in [6.07, 6.45) is 9.71. The van der Waals surface area contributed by atoms with Crippen molar-refractivity contribution in [1.82, 2.24) is 15.5 Å². The van der Waals surface area contributed by atoms with Crippen LogP contribution in [-0.4, -0.2) is 63.8 Å². The summed E-state index contributed by atoms with van der Waals surface area (Å²) in [6, 6.07) is 1.38. The average Bonchev–Trinajstić information content (AvgIpc) is 3.17. The molecule has 8 heteroatoms. The third-order valence-corrected chi connectivity index (χ3v) is 10.5. The van der Waals surface area contributed by atoms with Crippen molar-refractivity contribution < 1.29 is 19.1 Å². The Kier molecular flexibility index (Phi) is 5.10. The molecule has 8 rings (SSSR count). The van der Waals surface area contributed by atoms with Gasteiger partial charge in [0.2, 0.25) is 11.8 Å². The first kappa shape index (κ1) is 22.7. The zero-order valence-electron chi connectivity index (χ0n) is 20.0. The highest BCUT2D eigenvalue weighted by Crippen LogP contribution is 2.58. The van der Waals surface area contributed by atoms with Crippen molar-refractivity contribution in [3.8, 4) is 6.07 Å². The molecule has 2 amide bonds. The molecular formula is C26H37FN4O3. The average molecular weight is 473 g/mol. The molecule has 1 saturated heterocycles. The maximum absolute atomic E-state index is 13.7. The quantitative estimate of drug-likeness (QED) is 0.570. The van der Waals surface area contributed by atoms with Crippen molar-refractivity contribution in [2.75, 3.05) is 13.1 Å². The molecule has 0 aromatic rings. The van der Waals surface area contributed by atoms with Gasteiger partial charge >= 0.3 is 0 Å². The Morgan fingerprint density at radius 3 is 2.24 bits per heavy atom. The number of nitrogens with zero attached hydrogens (tertiary/aromatic N) is 2. The van der Waals surface area contributed by atoms with E-state index < -0.39 is 17.8 Å². The van der Waals surface area contributed by atoms with Crippen LogP contribution in [0.2, 0.25) is 0 Å². The number of amides is 2. The van der Waals surface area contributed by atoms with E-state index in [1.807, 2.05) is 6.07 Å². The molecular weight excluding hydrogens is 435 g/mol. The fourth-order valence-electron chi connectivity index (χ4n) is 9.07. The zero-order chi connectivity index (χ0) is 23.8. The van der Waals surface area contributed by atoms with Gasteiger partial charge in [-0.1, -0.05) is 0 Å². The molecule has 186 valence electrons. The molecule has 34 heavy (non-hydrogen) atoms. The number of hydrogen-bond acceptors (Lipinski definition) is 5. The normalized spacial score (nSPS) is 48.7. The molecule has 7 aliphatic carbocycles. The molecule has 0 aromatic carbocycles. The van der Waals surface area contributed by atoms with Crippen molar-refractivity contribution >= 4 is 11.8 Å². The van der Waals surface area contributed by atoms with Crippen LogP contribution in [0.5, 0.6) is 0 Å². The fourth-order valence-corrected chi connectivity index (χ4v) is 9.07. The van der Waals surface area contributed by atoms with E-state index in [2.05, 4.69) is 10.6 Å². The molecule has 0 aromatic heterocycles. The Balaban J connectivity index is 1.06. The number of aliphatic hydroxyl groups is 1. The summed E-state index contributed by atoms with van der Waals surface area (Å²) < 4.78 is 13.7. The predicted molar refractivity (Wildman–Crippen MR) is 122 cm³/mol. The van der Waals surface area contributed by atoms with Gasteiger partial charge < -0.3 is 20.6 Å². The lowest BCUT2D eigenvalue weighted by atomic mass is 9.50. The van der Waals surface area contributed by atoms with Gasteiger partial charge in [-0.15, -0.1) is 0 Å². The second-order valence-corrected chi connectivity index (χ2v) is 12.9. The van der Waals surface area contributed by atoms with E-state index in [0.29, 0.717) is 18.3 Å². The number of halogens is 1. The van der Waals surface area contributed by atoms with Crippen molar-refractivity contribution in [3.63, 3.8) is 0 Å². The SMILES string of the molecule is N#C[C@@H]1C[C@H](F)CN1C(=O)CNC12CCC(C(=O)NC34CC5CC(CC(O)(C5)C3)C4)(CC1)CC2. The van der Waals surface area contributed by atoms with E-state index in [9.17, 15) is 24.3 Å². The topological polar surface area (TPSA) is 105 Å². The van der Waals surface area contributed by atoms with Gasteiger partial charge in [-0.05, 0) is 88.9 Å². The minimum atomic E-state index is -1.12. The Morgan fingerprint density at radius 1 is 1.00 bits per heavy atom. The first-order valence-electron chi connectivity index (χ1n) is 13.3. The van der Waals surface area contributed by atoms with Crippen LogP contribution in [0.25, 0.3) is 0 Å². The van der Waals surface area contributed by atoms with Crippen LogP contribution in [0.1, 0.15) is 83.5 Å². The van der Waals surface area contributed by atoms with Gasteiger partial charge in [0.05, 0.1) is 24.8 Å². The molecule has 8 fully saturated rings. The van der Waals surface area contributed by atoms with Crippen LogP contribution in [0, 0.1) is 28.6 Å².